The van der Waals surface area contributed by atoms with Gasteiger partial charge >= 0.3 is 12.4 Å². The van der Waals surface area contributed by atoms with Crippen molar-refractivity contribution in [3.8, 4) is 11.5 Å². The van der Waals surface area contributed by atoms with Crippen molar-refractivity contribution in [1.29, 1.82) is 0 Å². The number of aromatic nitrogens is 3. The predicted molar refractivity (Wildman–Crippen MR) is 185 cm³/mol. The van der Waals surface area contributed by atoms with Gasteiger partial charge in [0.25, 0.3) is 0 Å². The van der Waals surface area contributed by atoms with Crippen LogP contribution in [-0.4, -0.2) is 47.2 Å². The average molecular weight is 722 g/mol. The number of ether oxygens (including phenoxy) is 2. The minimum absolute atomic E-state index is 0.0105. The Morgan fingerprint density at radius 1 is 0.940 bits per heavy atom. The van der Waals surface area contributed by atoms with Gasteiger partial charge in [0.2, 0.25) is 5.95 Å². The molecule has 14 heteroatoms. The Hall–Kier alpha value is -3.94. The lowest BCUT2D eigenvalue weighted by Crippen LogP contribution is -2.29. The van der Waals surface area contributed by atoms with E-state index in [1.807, 2.05) is 24.5 Å². The van der Waals surface area contributed by atoms with E-state index in [1.54, 1.807) is 29.8 Å². The molecule has 0 amide bonds. The number of hydrogen-bond acceptors (Lipinski definition) is 8. The monoisotopic (exact) mass is 721 g/mol. The van der Waals surface area contributed by atoms with Crippen LogP contribution in [0.2, 0.25) is 0 Å². The van der Waals surface area contributed by atoms with Gasteiger partial charge in [0.1, 0.15) is 11.6 Å². The molecule has 7 nitrogen and oxygen atoms in total. The number of methoxy groups -OCH3 is 1. The highest BCUT2D eigenvalue weighted by molar-refractivity contribution is 7.98. The molecule has 1 N–H and O–H groups in total. The van der Waals surface area contributed by atoms with Crippen molar-refractivity contribution in [2.24, 2.45) is 5.92 Å². The van der Waals surface area contributed by atoms with Crippen LogP contribution in [0.3, 0.4) is 0 Å². The van der Waals surface area contributed by atoms with Crippen LogP contribution in [0, 0.1) is 5.92 Å². The molecular weight excluding hydrogens is 680 g/mol. The predicted octanol–water partition coefficient (Wildman–Crippen LogP) is 9.96. The second-order valence-corrected chi connectivity index (χ2v) is 13.5. The number of halogens is 6. The van der Waals surface area contributed by atoms with Gasteiger partial charge in [-0.05, 0) is 80.0 Å². The number of pyridine rings is 1. The first kappa shape index (κ1) is 37.3. The van der Waals surface area contributed by atoms with Crippen molar-refractivity contribution in [3.05, 3.63) is 77.1 Å². The Morgan fingerprint density at radius 3 is 2.24 bits per heavy atom. The molecule has 0 spiro atoms. The van der Waals surface area contributed by atoms with Crippen LogP contribution in [0.25, 0.3) is 10.9 Å². The molecule has 2 aromatic carbocycles. The number of benzene rings is 2. The molecule has 50 heavy (non-hydrogen) atoms. The van der Waals surface area contributed by atoms with Gasteiger partial charge < -0.3 is 19.7 Å². The van der Waals surface area contributed by atoms with Crippen molar-refractivity contribution < 1.29 is 35.8 Å². The summed E-state index contributed by atoms with van der Waals surface area (Å²) in [5.41, 5.74) is -1.63. The van der Waals surface area contributed by atoms with Gasteiger partial charge in [-0.15, -0.1) is 0 Å². The molecule has 2 aromatic heterocycles. The maximum Gasteiger partial charge on any atom is 0.416 e. The van der Waals surface area contributed by atoms with Crippen molar-refractivity contribution in [1.82, 2.24) is 15.0 Å². The number of fused-ring (bicyclic) bond motifs is 1. The molecule has 0 aliphatic heterocycles. The lowest BCUT2D eigenvalue weighted by atomic mass is 9.99. The van der Waals surface area contributed by atoms with E-state index in [1.165, 1.54) is 45.0 Å². The SMILES string of the molecule is COc1ccc2nc(NCCCC3CCCC3)c(CN(c3ncc(OCCSC)cn3)C(C)c3cc(C(F)(F)F)cc(C(F)(F)F)c3)cc2c1. The van der Waals surface area contributed by atoms with Crippen LogP contribution in [0.1, 0.15) is 73.7 Å². The van der Waals surface area contributed by atoms with E-state index in [2.05, 4.69) is 15.3 Å². The zero-order valence-corrected chi connectivity index (χ0v) is 29.0. The Kier molecular flexibility index (Phi) is 12.2. The van der Waals surface area contributed by atoms with Crippen molar-refractivity contribution in [3.63, 3.8) is 0 Å². The number of hydrogen-bond donors (Lipinski definition) is 1. The van der Waals surface area contributed by atoms with E-state index >= 15 is 0 Å². The summed E-state index contributed by atoms with van der Waals surface area (Å²) < 4.78 is 94.5. The molecule has 5 rings (SSSR count). The summed E-state index contributed by atoms with van der Waals surface area (Å²) in [6.07, 6.45) is 1.85. The van der Waals surface area contributed by atoms with Crippen LogP contribution in [0.15, 0.2) is 54.9 Å². The molecule has 1 fully saturated rings. The first-order chi connectivity index (χ1) is 23.9. The summed E-state index contributed by atoms with van der Waals surface area (Å²) in [6, 6.07) is 7.96. The zero-order chi connectivity index (χ0) is 35.9. The molecule has 1 aliphatic rings. The van der Waals surface area contributed by atoms with E-state index in [-0.39, 0.29) is 24.1 Å². The van der Waals surface area contributed by atoms with E-state index < -0.39 is 29.5 Å². The van der Waals surface area contributed by atoms with Gasteiger partial charge in [-0.2, -0.15) is 38.1 Å². The lowest BCUT2D eigenvalue weighted by molar-refractivity contribution is -0.143. The molecular formula is C36H41F6N5O2S. The average Bonchev–Trinajstić information content (AvgIpc) is 3.62. The number of thioether (sulfide) groups is 1. The first-order valence-corrected chi connectivity index (χ1v) is 18.0. The van der Waals surface area contributed by atoms with Gasteiger partial charge in [0.15, 0.2) is 5.75 Å². The largest absolute Gasteiger partial charge is 0.497 e. The zero-order valence-electron chi connectivity index (χ0n) is 28.2. The summed E-state index contributed by atoms with van der Waals surface area (Å²) in [5.74, 6) is 3.10. The standard InChI is InChI=1S/C36H41F6N5O2S/c1-23(25-16-28(35(37,38)39)19-29(17-25)36(40,41)42)47(34-44-20-31(21-45-34)49-13-14-50-3)22-27-15-26-18-30(48-2)10-11-32(26)46-33(27)43-12-6-9-24-7-4-5-8-24/h10-11,15-21,23-24H,4-9,12-14,22H2,1-3H3,(H,43,46). The molecule has 1 aliphatic carbocycles. The van der Waals surface area contributed by atoms with Crippen LogP contribution >= 0.6 is 11.8 Å². The fourth-order valence-corrected chi connectivity index (χ4v) is 6.49. The highest BCUT2D eigenvalue weighted by atomic mass is 32.2. The molecule has 2 heterocycles. The summed E-state index contributed by atoms with van der Waals surface area (Å²) in [5, 5.41) is 4.21. The molecule has 0 bridgehead atoms. The third-order valence-electron chi connectivity index (χ3n) is 8.99. The Morgan fingerprint density at radius 2 is 1.62 bits per heavy atom. The topological polar surface area (TPSA) is 72.4 Å². The summed E-state index contributed by atoms with van der Waals surface area (Å²) >= 11 is 1.60. The molecule has 270 valence electrons. The van der Waals surface area contributed by atoms with Gasteiger partial charge in [-0.1, -0.05) is 25.7 Å². The minimum Gasteiger partial charge on any atom is -0.497 e. The normalized spacial score (nSPS) is 14.6. The summed E-state index contributed by atoms with van der Waals surface area (Å²) in [7, 11) is 1.55. The highest BCUT2D eigenvalue weighted by Gasteiger charge is 2.38. The second-order valence-electron chi connectivity index (χ2n) is 12.5. The summed E-state index contributed by atoms with van der Waals surface area (Å²) in [6.45, 7) is 2.61. The van der Waals surface area contributed by atoms with Crippen LogP contribution in [0.4, 0.5) is 38.1 Å². The molecule has 0 saturated heterocycles. The highest BCUT2D eigenvalue weighted by Crippen LogP contribution is 2.39. The third-order valence-corrected chi connectivity index (χ3v) is 9.56. The number of nitrogens with one attached hydrogen (secondary N) is 1. The van der Waals surface area contributed by atoms with Gasteiger partial charge in [-0.25, -0.2) is 15.0 Å². The molecule has 1 saturated carbocycles. The second kappa shape index (κ2) is 16.4. The Labute approximate surface area is 292 Å². The lowest BCUT2D eigenvalue weighted by Gasteiger charge is -2.31. The van der Waals surface area contributed by atoms with Crippen LogP contribution in [0.5, 0.6) is 11.5 Å². The van der Waals surface area contributed by atoms with E-state index in [0.29, 0.717) is 47.5 Å². The van der Waals surface area contributed by atoms with Crippen LogP contribution < -0.4 is 19.7 Å². The Balaban J connectivity index is 1.55. The smallest absolute Gasteiger partial charge is 0.416 e. The maximum absolute atomic E-state index is 13.9. The van der Waals surface area contributed by atoms with Gasteiger partial charge in [0, 0.05) is 23.2 Å². The van der Waals surface area contributed by atoms with E-state index in [4.69, 9.17) is 14.5 Å². The van der Waals surface area contributed by atoms with Gasteiger partial charge in [-0.3, -0.25) is 0 Å². The fraction of sp³-hybridized carbons (Fsp3) is 0.472. The molecule has 4 aromatic rings. The number of nitrogens with zero attached hydrogens (tertiary/aromatic N) is 4. The first-order valence-electron chi connectivity index (χ1n) is 16.6. The van der Waals surface area contributed by atoms with Crippen molar-refractivity contribution in [2.45, 2.75) is 70.4 Å². The molecule has 1 unspecified atom stereocenters. The maximum atomic E-state index is 13.9. The Bertz CT molecular complexity index is 1680. The van der Waals surface area contributed by atoms with E-state index in [0.717, 1.165) is 36.1 Å². The van der Waals surface area contributed by atoms with E-state index in [9.17, 15) is 26.3 Å². The van der Waals surface area contributed by atoms with Gasteiger partial charge in [0.05, 0.1) is 55.3 Å². The van der Waals surface area contributed by atoms with Crippen molar-refractivity contribution in [2.75, 3.05) is 42.5 Å². The molecule has 1 atom stereocenters. The van der Waals surface area contributed by atoms with Crippen molar-refractivity contribution >= 4 is 34.4 Å². The number of anilines is 2. The fourth-order valence-electron chi connectivity index (χ4n) is 6.24. The number of rotatable bonds is 15. The molecule has 0 radical (unpaired) electrons. The third kappa shape index (κ3) is 9.64. The number of alkyl halides is 6. The summed E-state index contributed by atoms with van der Waals surface area (Å²) in [4.78, 5) is 15.4. The quantitative estimate of drug-likeness (QED) is 0.0961. The minimum atomic E-state index is -5.00. The van der Waals surface area contributed by atoms with Crippen LogP contribution in [-0.2, 0) is 18.9 Å².